The second kappa shape index (κ2) is 8.19. The average Bonchev–Trinajstić information content (AvgIpc) is 3.03. The highest BCUT2D eigenvalue weighted by atomic mass is 16.5. The second-order valence-electron chi connectivity index (χ2n) is 7.78. The van der Waals surface area contributed by atoms with E-state index < -0.39 is 5.97 Å². The number of benzene rings is 2. The molecule has 154 valence electrons. The lowest BCUT2D eigenvalue weighted by Crippen LogP contribution is -2.35. The van der Waals surface area contributed by atoms with Gasteiger partial charge in [0.15, 0.2) is 0 Å². The van der Waals surface area contributed by atoms with E-state index in [2.05, 4.69) is 4.98 Å². The number of carbonyl (C=O) groups is 2. The highest BCUT2D eigenvalue weighted by Crippen LogP contribution is 2.33. The number of hydrogen-bond donors (Lipinski definition) is 1. The van der Waals surface area contributed by atoms with Gasteiger partial charge in [-0.25, -0.2) is 4.79 Å². The summed E-state index contributed by atoms with van der Waals surface area (Å²) in [7, 11) is 0. The number of ether oxygens (including phenoxy) is 1. The molecule has 5 nitrogen and oxygen atoms in total. The van der Waals surface area contributed by atoms with Crippen molar-refractivity contribution in [3.63, 3.8) is 0 Å². The maximum Gasteiger partial charge on any atom is 0.341 e. The molecule has 0 saturated heterocycles. The topological polar surface area (TPSA) is 62.4 Å². The normalized spacial score (nSPS) is 16.0. The summed E-state index contributed by atoms with van der Waals surface area (Å²) < 4.78 is 5.47. The molecule has 1 aliphatic rings. The Morgan fingerprint density at radius 2 is 1.87 bits per heavy atom. The van der Waals surface area contributed by atoms with Crippen molar-refractivity contribution < 1.29 is 14.3 Å². The first-order chi connectivity index (χ1) is 14.5. The number of amides is 1. The van der Waals surface area contributed by atoms with E-state index in [1.54, 1.807) is 11.1 Å². The molecule has 30 heavy (non-hydrogen) atoms. The van der Waals surface area contributed by atoms with Crippen LogP contribution in [-0.2, 0) is 16.0 Å². The van der Waals surface area contributed by atoms with Crippen LogP contribution in [0.4, 0.5) is 0 Å². The van der Waals surface area contributed by atoms with Crippen LogP contribution in [-0.4, -0.2) is 34.4 Å². The fourth-order valence-corrected chi connectivity index (χ4v) is 4.00. The molecule has 2 aromatic carbocycles. The molecular formula is C25H26N2O3. The Balaban J connectivity index is 1.84. The minimum absolute atomic E-state index is 0.115. The van der Waals surface area contributed by atoms with Crippen molar-refractivity contribution in [2.45, 2.75) is 39.7 Å². The van der Waals surface area contributed by atoms with Gasteiger partial charge in [0.1, 0.15) is 0 Å². The molecule has 5 heteroatoms. The van der Waals surface area contributed by atoms with Crippen LogP contribution >= 0.6 is 0 Å². The van der Waals surface area contributed by atoms with Gasteiger partial charge in [0.05, 0.1) is 17.9 Å². The molecule has 1 aromatic heterocycles. The fourth-order valence-electron chi connectivity index (χ4n) is 4.00. The third kappa shape index (κ3) is 3.52. The Labute approximate surface area is 176 Å². The van der Waals surface area contributed by atoms with Gasteiger partial charge in [-0.15, -0.1) is 0 Å². The highest BCUT2D eigenvalue weighted by molar-refractivity contribution is 6.18. The van der Waals surface area contributed by atoms with Crippen molar-refractivity contribution in [3.05, 3.63) is 77.1 Å². The molecule has 3 aromatic rings. The summed E-state index contributed by atoms with van der Waals surface area (Å²) in [4.78, 5) is 31.5. The van der Waals surface area contributed by atoms with E-state index >= 15 is 0 Å². The van der Waals surface area contributed by atoms with Crippen molar-refractivity contribution in [1.82, 2.24) is 9.88 Å². The summed E-state index contributed by atoms with van der Waals surface area (Å²) in [5.74, 6) is -0.530. The van der Waals surface area contributed by atoms with Crippen molar-refractivity contribution in [3.8, 4) is 0 Å². The predicted octanol–water partition coefficient (Wildman–Crippen LogP) is 4.86. The standard InChI is InChI=1S/C25H26N2O3/c1-4-13-30-25(29)21-15-27(24(28)18-10-6-5-9-16(18)2)17(3)14-20-19-11-7-8-12-22(19)26-23(20)21/h5-12,15,17,26H,4,13-14H2,1-3H3. The van der Waals surface area contributed by atoms with Crippen molar-refractivity contribution in [2.75, 3.05) is 6.61 Å². The van der Waals surface area contributed by atoms with Gasteiger partial charge < -0.3 is 14.6 Å². The van der Waals surface area contributed by atoms with Gasteiger partial charge in [-0.2, -0.15) is 0 Å². The maximum atomic E-state index is 13.4. The first kappa shape index (κ1) is 20.0. The number of aromatic amines is 1. The number of rotatable bonds is 4. The van der Waals surface area contributed by atoms with E-state index in [1.165, 1.54) is 0 Å². The van der Waals surface area contributed by atoms with Crippen LogP contribution in [0.5, 0.6) is 0 Å². The van der Waals surface area contributed by atoms with Gasteiger partial charge in [0.2, 0.25) is 0 Å². The van der Waals surface area contributed by atoms with Crippen LogP contribution in [0.2, 0.25) is 0 Å². The highest BCUT2D eigenvalue weighted by Gasteiger charge is 2.31. The number of carbonyl (C=O) groups excluding carboxylic acids is 2. The summed E-state index contributed by atoms with van der Waals surface area (Å²) in [5, 5.41) is 1.07. The molecule has 0 radical (unpaired) electrons. The molecule has 1 atom stereocenters. The van der Waals surface area contributed by atoms with Gasteiger partial charge in [-0.3, -0.25) is 4.79 Å². The van der Waals surface area contributed by atoms with Crippen LogP contribution in [0.3, 0.4) is 0 Å². The third-order valence-electron chi connectivity index (χ3n) is 5.59. The van der Waals surface area contributed by atoms with Crippen LogP contribution in [0.1, 0.15) is 47.4 Å². The van der Waals surface area contributed by atoms with E-state index in [1.807, 2.05) is 69.3 Å². The predicted molar refractivity (Wildman–Crippen MR) is 118 cm³/mol. The number of fused-ring (bicyclic) bond motifs is 3. The molecule has 2 heterocycles. The van der Waals surface area contributed by atoms with Gasteiger partial charge in [0.25, 0.3) is 5.91 Å². The number of aryl methyl sites for hydroxylation is 1. The van der Waals surface area contributed by atoms with Gasteiger partial charge in [-0.05, 0) is 49.9 Å². The third-order valence-corrected chi connectivity index (χ3v) is 5.59. The molecule has 1 aliphatic heterocycles. The Hall–Kier alpha value is -3.34. The molecule has 4 rings (SSSR count). The Morgan fingerprint density at radius 1 is 1.13 bits per heavy atom. The minimum Gasteiger partial charge on any atom is -0.462 e. The smallest absolute Gasteiger partial charge is 0.341 e. The lowest BCUT2D eigenvalue weighted by molar-refractivity contribution is -0.136. The molecule has 0 bridgehead atoms. The van der Waals surface area contributed by atoms with E-state index in [4.69, 9.17) is 4.74 Å². The molecule has 1 N–H and O–H groups in total. The molecule has 0 fully saturated rings. The molecular weight excluding hydrogens is 376 g/mol. The Kier molecular flexibility index (Phi) is 5.44. The fraction of sp³-hybridized carbons (Fsp3) is 0.280. The van der Waals surface area contributed by atoms with Gasteiger partial charge in [0, 0.05) is 28.7 Å². The Morgan fingerprint density at radius 3 is 2.63 bits per heavy atom. The SMILES string of the molecule is CCCOC(=O)C1=CN(C(=O)c2ccccc2C)C(C)Cc2c1[nH]c1ccccc21. The summed E-state index contributed by atoms with van der Waals surface area (Å²) >= 11 is 0. The van der Waals surface area contributed by atoms with Gasteiger partial charge in [-0.1, -0.05) is 43.3 Å². The lowest BCUT2D eigenvalue weighted by Gasteiger charge is -2.25. The minimum atomic E-state index is -0.415. The van der Waals surface area contributed by atoms with Crippen LogP contribution < -0.4 is 0 Å². The lowest BCUT2D eigenvalue weighted by atomic mass is 10.0. The largest absolute Gasteiger partial charge is 0.462 e. The van der Waals surface area contributed by atoms with Crippen LogP contribution in [0, 0.1) is 6.92 Å². The molecule has 0 aliphatic carbocycles. The molecule has 1 unspecified atom stereocenters. The summed E-state index contributed by atoms with van der Waals surface area (Å²) in [6, 6.07) is 15.4. The Bertz CT molecular complexity index is 1140. The summed E-state index contributed by atoms with van der Waals surface area (Å²) in [6.45, 7) is 6.23. The van der Waals surface area contributed by atoms with Crippen molar-refractivity contribution in [2.24, 2.45) is 0 Å². The van der Waals surface area contributed by atoms with Crippen molar-refractivity contribution in [1.29, 1.82) is 0 Å². The number of nitrogens with one attached hydrogen (secondary N) is 1. The number of H-pyrrole nitrogens is 1. The van der Waals surface area contributed by atoms with E-state index in [0.717, 1.165) is 34.1 Å². The van der Waals surface area contributed by atoms with Crippen LogP contribution in [0.15, 0.2) is 54.7 Å². The number of para-hydroxylation sites is 1. The maximum absolute atomic E-state index is 13.4. The number of nitrogens with zero attached hydrogens (tertiary/aromatic N) is 1. The first-order valence-corrected chi connectivity index (χ1v) is 10.4. The first-order valence-electron chi connectivity index (χ1n) is 10.4. The quantitative estimate of drug-likeness (QED) is 0.634. The average molecular weight is 402 g/mol. The second-order valence-corrected chi connectivity index (χ2v) is 7.78. The molecule has 0 saturated carbocycles. The monoisotopic (exact) mass is 402 g/mol. The van der Waals surface area contributed by atoms with E-state index in [-0.39, 0.29) is 11.9 Å². The molecule has 1 amide bonds. The van der Waals surface area contributed by atoms with E-state index in [9.17, 15) is 9.59 Å². The summed E-state index contributed by atoms with van der Waals surface area (Å²) in [5.41, 5.74) is 4.69. The number of hydrogen-bond acceptors (Lipinski definition) is 3. The zero-order valence-corrected chi connectivity index (χ0v) is 17.6. The van der Waals surface area contributed by atoms with Crippen LogP contribution in [0.25, 0.3) is 16.5 Å². The van der Waals surface area contributed by atoms with Gasteiger partial charge >= 0.3 is 5.97 Å². The molecule has 0 spiro atoms. The zero-order valence-electron chi connectivity index (χ0n) is 17.6. The number of esters is 1. The summed E-state index contributed by atoms with van der Waals surface area (Å²) in [6.07, 6.45) is 3.04. The number of aromatic nitrogens is 1. The zero-order chi connectivity index (χ0) is 21.3. The van der Waals surface area contributed by atoms with E-state index in [0.29, 0.717) is 24.2 Å². The van der Waals surface area contributed by atoms with Crippen molar-refractivity contribution >= 4 is 28.4 Å².